The van der Waals surface area contributed by atoms with Gasteiger partial charge in [0, 0.05) is 6.54 Å². The molecule has 0 aliphatic rings. The molecule has 20 heavy (non-hydrogen) atoms. The van der Waals surface area contributed by atoms with Gasteiger partial charge in [-0.1, -0.05) is 41.9 Å². The Labute approximate surface area is 124 Å². The second kappa shape index (κ2) is 6.44. The summed E-state index contributed by atoms with van der Waals surface area (Å²) in [5.41, 5.74) is 3.92. The van der Waals surface area contributed by atoms with Crippen molar-refractivity contribution in [2.45, 2.75) is 20.4 Å². The van der Waals surface area contributed by atoms with Gasteiger partial charge >= 0.3 is 6.03 Å². The van der Waals surface area contributed by atoms with Crippen LogP contribution in [0.5, 0.6) is 0 Å². The number of benzene rings is 2. The number of amides is 2. The van der Waals surface area contributed by atoms with Crippen LogP contribution in [0.2, 0.25) is 5.02 Å². The quantitative estimate of drug-likeness (QED) is 0.869. The summed E-state index contributed by atoms with van der Waals surface area (Å²) in [7, 11) is 0. The Balaban J connectivity index is 1.94. The minimum atomic E-state index is -0.265. The average molecular weight is 289 g/mol. The van der Waals surface area contributed by atoms with Crippen LogP contribution in [-0.4, -0.2) is 6.03 Å². The molecule has 0 saturated carbocycles. The number of carbonyl (C=O) groups excluding carboxylic acids is 1. The third-order valence-corrected chi connectivity index (χ3v) is 3.39. The highest BCUT2D eigenvalue weighted by Gasteiger charge is 2.06. The minimum Gasteiger partial charge on any atom is -0.334 e. The lowest BCUT2D eigenvalue weighted by molar-refractivity contribution is 0.251. The fraction of sp³-hybridized carbons (Fsp3) is 0.188. The van der Waals surface area contributed by atoms with Crippen molar-refractivity contribution in [2.24, 2.45) is 0 Å². The molecule has 2 aromatic rings. The van der Waals surface area contributed by atoms with Crippen molar-refractivity contribution in [1.82, 2.24) is 5.32 Å². The van der Waals surface area contributed by atoms with Crippen molar-refractivity contribution in [3.63, 3.8) is 0 Å². The molecule has 0 saturated heterocycles. The van der Waals surface area contributed by atoms with E-state index < -0.39 is 0 Å². The Kier molecular flexibility index (Phi) is 4.64. The van der Waals surface area contributed by atoms with Crippen LogP contribution in [0.15, 0.2) is 42.5 Å². The van der Waals surface area contributed by atoms with Crippen LogP contribution in [-0.2, 0) is 6.54 Å². The molecule has 3 nitrogen and oxygen atoms in total. The van der Waals surface area contributed by atoms with Crippen LogP contribution in [0, 0.1) is 13.8 Å². The van der Waals surface area contributed by atoms with Crippen LogP contribution in [0.1, 0.15) is 16.7 Å². The monoisotopic (exact) mass is 288 g/mol. The Morgan fingerprint density at radius 1 is 1.15 bits per heavy atom. The smallest absolute Gasteiger partial charge is 0.319 e. The zero-order valence-corrected chi connectivity index (χ0v) is 12.3. The first kappa shape index (κ1) is 14.4. The SMILES string of the molecule is Cc1ccc(NC(=O)NCc2ccccc2C)c(Cl)c1. The maximum atomic E-state index is 11.9. The Morgan fingerprint density at radius 2 is 1.90 bits per heavy atom. The summed E-state index contributed by atoms with van der Waals surface area (Å²) < 4.78 is 0. The Hall–Kier alpha value is -2.00. The summed E-state index contributed by atoms with van der Waals surface area (Å²) in [5, 5.41) is 6.10. The van der Waals surface area contributed by atoms with E-state index in [1.807, 2.05) is 50.2 Å². The maximum Gasteiger partial charge on any atom is 0.319 e. The van der Waals surface area contributed by atoms with E-state index in [4.69, 9.17) is 11.6 Å². The molecule has 0 heterocycles. The van der Waals surface area contributed by atoms with Gasteiger partial charge in [0.2, 0.25) is 0 Å². The van der Waals surface area contributed by atoms with E-state index in [-0.39, 0.29) is 6.03 Å². The van der Waals surface area contributed by atoms with Gasteiger partial charge in [0.15, 0.2) is 0 Å². The van der Waals surface area contributed by atoms with Crippen LogP contribution in [0.25, 0.3) is 0 Å². The number of aryl methyl sites for hydroxylation is 2. The molecule has 0 aliphatic carbocycles. The van der Waals surface area contributed by atoms with E-state index in [2.05, 4.69) is 10.6 Å². The van der Waals surface area contributed by atoms with E-state index >= 15 is 0 Å². The molecular weight excluding hydrogens is 272 g/mol. The molecular formula is C16H17ClN2O. The van der Waals surface area contributed by atoms with Crippen molar-refractivity contribution >= 4 is 23.3 Å². The molecule has 0 aromatic heterocycles. The van der Waals surface area contributed by atoms with Crippen molar-refractivity contribution in [3.8, 4) is 0 Å². The lowest BCUT2D eigenvalue weighted by atomic mass is 10.1. The third kappa shape index (κ3) is 3.75. The summed E-state index contributed by atoms with van der Waals surface area (Å²) in [6.07, 6.45) is 0. The molecule has 0 atom stereocenters. The van der Waals surface area contributed by atoms with Gasteiger partial charge < -0.3 is 10.6 Å². The molecule has 2 rings (SSSR count). The standard InChI is InChI=1S/C16H17ClN2O/c1-11-7-8-15(14(17)9-11)19-16(20)18-10-13-6-4-3-5-12(13)2/h3-9H,10H2,1-2H3,(H2,18,19,20). The molecule has 0 bridgehead atoms. The van der Waals surface area contributed by atoms with Gasteiger partial charge in [0.05, 0.1) is 10.7 Å². The number of nitrogens with one attached hydrogen (secondary N) is 2. The first-order valence-electron chi connectivity index (χ1n) is 6.42. The summed E-state index contributed by atoms with van der Waals surface area (Å²) in [6.45, 7) is 4.46. The zero-order chi connectivity index (χ0) is 14.5. The normalized spacial score (nSPS) is 10.2. The number of anilines is 1. The van der Waals surface area contributed by atoms with Gasteiger partial charge in [-0.15, -0.1) is 0 Å². The molecule has 104 valence electrons. The van der Waals surface area contributed by atoms with E-state index in [9.17, 15) is 4.79 Å². The highest BCUT2D eigenvalue weighted by Crippen LogP contribution is 2.22. The lowest BCUT2D eigenvalue weighted by Crippen LogP contribution is -2.28. The second-order valence-electron chi connectivity index (χ2n) is 4.72. The van der Waals surface area contributed by atoms with Crippen molar-refractivity contribution < 1.29 is 4.79 Å². The summed E-state index contributed by atoms with van der Waals surface area (Å²) >= 11 is 6.07. The lowest BCUT2D eigenvalue weighted by Gasteiger charge is -2.10. The van der Waals surface area contributed by atoms with Crippen LogP contribution in [0.3, 0.4) is 0 Å². The fourth-order valence-corrected chi connectivity index (χ4v) is 2.15. The van der Waals surface area contributed by atoms with E-state index in [0.717, 1.165) is 16.7 Å². The van der Waals surface area contributed by atoms with Gasteiger partial charge in [-0.3, -0.25) is 0 Å². The summed E-state index contributed by atoms with van der Waals surface area (Å²) in [5.74, 6) is 0. The Morgan fingerprint density at radius 3 is 2.60 bits per heavy atom. The molecule has 0 unspecified atom stereocenters. The molecule has 0 spiro atoms. The van der Waals surface area contributed by atoms with E-state index in [1.54, 1.807) is 6.07 Å². The van der Waals surface area contributed by atoms with Crippen LogP contribution < -0.4 is 10.6 Å². The van der Waals surface area contributed by atoms with Crippen LogP contribution >= 0.6 is 11.6 Å². The van der Waals surface area contributed by atoms with Gasteiger partial charge in [-0.05, 0) is 42.7 Å². The summed E-state index contributed by atoms with van der Waals surface area (Å²) in [6, 6.07) is 13.2. The third-order valence-electron chi connectivity index (χ3n) is 3.07. The van der Waals surface area contributed by atoms with Gasteiger partial charge in [-0.25, -0.2) is 4.79 Å². The first-order valence-corrected chi connectivity index (χ1v) is 6.79. The van der Waals surface area contributed by atoms with Crippen LogP contribution in [0.4, 0.5) is 10.5 Å². The van der Waals surface area contributed by atoms with Gasteiger partial charge in [-0.2, -0.15) is 0 Å². The van der Waals surface area contributed by atoms with Gasteiger partial charge in [0.25, 0.3) is 0 Å². The number of halogens is 1. The highest BCUT2D eigenvalue weighted by atomic mass is 35.5. The fourth-order valence-electron chi connectivity index (χ4n) is 1.87. The number of hydrogen-bond acceptors (Lipinski definition) is 1. The molecule has 0 aliphatic heterocycles. The predicted octanol–water partition coefficient (Wildman–Crippen LogP) is 4.28. The van der Waals surface area contributed by atoms with Crippen molar-refractivity contribution in [2.75, 3.05) is 5.32 Å². The largest absolute Gasteiger partial charge is 0.334 e. The maximum absolute atomic E-state index is 11.9. The van der Waals surface area contributed by atoms with Crippen molar-refractivity contribution in [1.29, 1.82) is 0 Å². The molecule has 2 amide bonds. The Bertz CT molecular complexity index is 626. The summed E-state index contributed by atoms with van der Waals surface area (Å²) in [4.78, 5) is 11.9. The topological polar surface area (TPSA) is 41.1 Å². The van der Waals surface area contributed by atoms with Gasteiger partial charge in [0.1, 0.15) is 0 Å². The second-order valence-corrected chi connectivity index (χ2v) is 5.12. The van der Waals surface area contributed by atoms with E-state index in [1.165, 1.54) is 0 Å². The minimum absolute atomic E-state index is 0.265. The molecule has 0 fully saturated rings. The molecule has 2 N–H and O–H groups in total. The number of carbonyl (C=O) groups is 1. The van der Waals surface area contributed by atoms with E-state index in [0.29, 0.717) is 17.3 Å². The number of rotatable bonds is 3. The molecule has 2 aromatic carbocycles. The highest BCUT2D eigenvalue weighted by molar-refractivity contribution is 6.33. The first-order chi connectivity index (χ1) is 9.56. The average Bonchev–Trinajstić information content (AvgIpc) is 2.41. The number of urea groups is 1. The molecule has 0 radical (unpaired) electrons. The number of hydrogen-bond donors (Lipinski definition) is 2. The van der Waals surface area contributed by atoms with Crippen molar-refractivity contribution in [3.05, 3.63) is 64.2 Å². The zero-order valence-electron chi connectivity index (χ0n) is 11.5. The molecule has 4 heteroatoms. The predicted molar refractivity (Wildman–Crippen MR) is 83.2 cm³/mol.